The summed E-state index contributed by atoms with van der Waals surface area (Å²) in [7, 11) is 0. The molecule has 8 rings (SSSR count). The third-order valence-corrected chi connectivity index (χ3v) is 8.95. The van der Waals surface area contributed by atoms with Gasteiger partial charge >= 0.3 is 29.9 Å². The number of isocyanates is 1. The molecule has 0 atom stereocenters. The fourth-order valence-corrected chi connectivity index (χ4v) is 5.93. The molecular formula is C44H26F10N8O6. The highest BCUT2D eigenvalue weighted by atomic mass is 19.4. The predicted molar refractivity (Wildman–Crippen MR) is 224 cm³/mol. The molecule has 0 saturated heterocycles. The summed E-state index contributed by atoms with van der Waals surface area (Å²) in [6.07, 6.45) is -7.69. The molecule has 24 heteroatoms. The number of hydrogen-bond acceptors (Lipinski definition) is 10. The Morgan fingerprint density at radius 1 is 0.574 bits per heavy atom. The molecule has 0 aliphatic heterocycles. The molecule has 0 fully saturated rings. The van der Waals surface area contributed by atoms with Crippen LogP contribution in [0, 0.1) is 23.3 Å². The second-order valence-electron chi connectivity index (χ2n) is 13.7. The van der Waals surface area contributed by atoms with E-state index in [2.05, 4.69) is 45.0 Å². The molecule has 6 aromatic carbocycles. The second kappa shape index (κ2) is 20.4. The number of carbonyl (C=O) groups is 1. The van der Waals surface area contributed by atoms with Gasteiger partial charge in [0.05, 0.1) is 22.5 Å². The normalized spacial score (nSPS) is 11.0. The minimum atomic E-state index is -4.49. The van der Waals surface area contributed by atoms with Crippen molar-refractivity contribution in [2.45, 2.75) is 12.4 Å². The SMILES string of the molecule is Nc1ccc(-c2ccc(C(F)(F)F)cc2)cc1-c1noc(=O)[nH]1.O=C(Nc1cc(F)cc(F)c1)Nc1ccc(-c2ccc(C(F)(F)F)cc2)cc1-c1noc(=O)[nH]1.O=C=Nc1cc(F)cc(F)c1. The molecule has 0 aliphatic carbocycles. The molecule has 68 heavy (non-hydrogen) atoms. The number of benzene rings is 6. The number of hydrogen-bond donors (Lipinski definition) is 5. The Kier molecular flexibility index (Phi) is 14.5. The van der Waals surface area contributed by atoms with Crippen LogP contribution in [0.1, 0.15) is 11.1 Å². The first-order valence-electron chi connectivity index (χ1n) is 18.7. The average Bonchev–Trinajstić information content (AvgIpc) is 3.91. The van der Waals surface area contributed by atoms with Crippen LogP contribution in [0.2, 0.25) is 0 Å². The summed E-state index contributed by atoms with van der Waals surface area (Å²) < 4.78 is 137. The van der Waals surface area contributed by atoms with Gasteiger partial charge in [0.2, 0.25) is 6.08 Å². The Balaban J connectivity index is 0.000000192. The Morgan fingerprint density at radius 3 is 1.44 bits per heavy atom. The first kappa shape index (κ1) is 48.4. The lowest BCUT2D eigenvalue weighted by atomic mass is 10.00. The summed E-state index contributed by atoms with van der Waals surface area (Å²) >= 11 is 0. The number of alkyl halides is 6. The summed E-state index contributed by atoms with van der Waals surface area (Å²) in [5, 5.41) is 11.9. The van der Waals surface area contributed by atoms with Crippen LogP contribution in [-0.4, -0.2) is 32.4 Å². The van der Waals surface area contributed by atoms with E-state index in [1.54, 1.807) is 18.2 Å². The number of anilines is 3. The lowest BCUT2D eigenvalue weighted by molar-refractivity contribution is -0.138. The largest absolute Gasteiger partial charge is 0.439 e. The number of aromatic nitrogens is 4. The minimum absolute atomic E-state index is 0.0640. The molecule has 0 unspecified atom stereocenters. The number of urea groups is 1. The van der Waals surface area contributed by atoms with Gasteiger partial charge in [-0.1, -0.05) is 46.7 Å². The van der Waals surface area contributed by atoms with Crippen molar-refractivity contribution >= 4 is 34.9 Å². The number of rotatable bonds is 7. The number of H-pyrrole nitrogens is 2. The maximum Gasteiger partial charge on any atom is 0.439 e. The molecule has 2 amide bonds. The highest BCUT2D eigenvalue weighted by Gasteiger charge is 2.31. The van der Waals surface area contributed by atoms with Crippen molar-refractivity contribution in [2.24, 2.45) is 4.99 Å². The van der Waals surface area contributed by atoms with E-state index >= 15 is 0 Å². The summed E-state index contributed by atoms with van der Waals surface area (Å²) in [5.74, 6) is -4.82. The van der Waals surface area contributed by atoms with Crippen LogP contribution in [-0.2, 0) is 17.1 Å². The van der Waals surface area contributed by atoms with Crippen molar-refractivity contribution in [1.29, 1.82) is 0 Å². The quantitative estimate of drug-likeness (QED) is 0.0444. The van der Waals surface area contributed by atoms with Gasteiger partial charge in [-0.15, -0.1) is 0 Å². The Morgan fingerprint density at radius 2 is 1.00 bits per heavy atom. The Hall–Kier alpha value is -9.05. The van der Waals surface area contributed by atoms with Crippen molar-refractivity contribution in [3.05, 3.63) is 177 Å². The first-order chi connectivity index (χ1) is 32.1. The number of halogens is 10. The third-order valence-electron chi connectivity index (χ3n) is 8.95. The van der Waals surface area contributed by atoms with E-state index in [-0.39, 0.29) is 34.3 Å². The molecule has 0 bridgehead atoms. The third kappa shape index (κ3) is 12.8. The monoisotopic (exact) mass is 952 g/mol. The number of aliphatic imine (C=N–C) groups is 1. The van der Waals surface area contributed by atoms with Gasteiger partial charge in [0.15, 0.2) is 11.6 Å². The molecule has 0 saturated carbocycles. The fraction of sp³-hybridized carbons (Fsp3) is 0.0455. The molecular weight excluding hydrogens is 927 g/mol. The second-order valence-corrected chi connectivity index (χ2v) is 13.7. The van der Waals surface area contributed by atoms with Gasteiger partial charge in [-0.05, 0) is 82.9 Å². The smallest absolute Gasteiger partial charge is 0.398 e. The standard InChI is InChI=1S/C22H13F5N4O3.C15H10F3N3O2.C7H3F2NO/c23-14-8-15(24)10-16(9-14)28-20(32)29-18-6-3-12(7-17(18)19-30-21(33)34-31-19)11-1-4-13(5-2-11)22(25,26)27;16-15(17,18)10-4-1-8(2-5-10)9-3-6-12(19)11(7-9)13-20-14(22)23-21-13;8-5-1-6(9)3-7(2-5)10-4-11/h1-10H,(H2,28,29,32)(H,30,31,33);1-7H,19H2,(H,20,21,22);1-3H. The van der Waals surface area contributed by atoms with Crippen LogP contribution in [0.5, 0.6) is 0 Å². The summed E-state index contributed by atoms with van der Waals surface area (Å²) in [5.41, 5.74) is 7.22. The average molecular weight is 953 g/mol. The van der Waals surface area contributed by atoms with E-state index in [4.69, 9.17) is 5.73 Å². The van der Waals surface area contributed by atoms with Crippen molar-refractivity contribution in [3.8, 4) is 45.0 Å². The predicted octanol–water partition coefficient (Wildman–Crippen LogP) is 10.9. The van der Waals surface area contributed by atoms with Gasteiger partial charge in [0.25, 0.3) is 0 Å². The van der Waals surface area contributed by atoms with E-state index in [9.17, 15) is 63.1 Å². The summed E-state index contributed by atoms with van der Waals surface area (Å²) in [4.78, 5) is 52.3. The molecule has 6 N–H and O–H groups in total. The van der Waals surface area contributed by atoms with Gasteiger partial charge in [-0.25, -0.2) is 36.7 Å². The van der Waals surface area contributed by atoms with E-state index in [0.29, 0.717) is 45.6 Å². The molecule has 14 nitrogen and oxygen atoms in total. The first-order valence-corrected chi connectivity index (χ1v) is 18.7. The van der Waals surface area contributed by atoms with E-state index < -0.39 is 64.3 Å². The zero-order valence-electron chi connectivity index (χ0n) is 33.7. The van der Waals surface area contributed by atoms with Crippen molar-refractivity contribution in [3.63, 3.8) is 0 Å². The topological polar surface area (TPSA) is 214 Å². The zero-order chi connectivity index (χ0) is 49.3. The van der Waals surface area contributed by atoms with Crippen LogP contribution >= 0.6 is 0 Å². The zero-order valence-corrected chi connectivity index (χ0v) is 33.7. The number of nitrogen functional groups attached to an aromatic ring is 1. The summed E-state index contributed by atoms with van der Waals surface area (Å²) in [6.45, 7) is 0. The Bertz CT molecular complexity index is 3210. The van der Waals surface area contributed by atoms with Gasteiger partial charge in [-0.2, -0.15) is 31.3 Å². The van der Waals surface area contributed by atoms with Gasteiger partial charge in [0, 0.05) is 46.8 Å². The van der Waals surface area contributed by atoms with Crippen LogP contribution in [0.3, 0.4) is 0 Å². The maximum atomic E-state index is 13.4. The van der Waals surface area contributed by atoms with E-state index in [0.717, 1.165) is 48.5 Å². The maximum absolute atomic E-state index is 13.4. The molecule has 0 aliphatic rings. The number of carbonyl (C=O) groups excluding carboxylic acids is 2. The molecule has 2 heterocycles. The highest BCUT2D eigenvalue weighted by molar-refractivity contribution is 6.02. The van der Waals surface area contributed by atoms with Crippen LogP contribution in [0.4, 0.5) is 71.4 Å². The number of nitrogens with one attached hydrogen (secondary N) is 4. The molecule has 8 aromatic rings. The van der Waals surface area contributed by atoms with Crippen molar-refractivity contribution < 1.29 is 62.5 Å². The number of aromatic amines is 2. The van der Waals surface area contributed by atoms with E-state index in [1.807, 2.05) is 0 Å². The van der Waals surface area contributed by atoms with Gasteiger partial charge in [0.1, 0.15) is 23.3 Å². The fourth-order valence-electron chi connectivity index (χ4n) is 5.93. The number of amides is 2. The summed E-state index contributed by atoms with van der Waals surface area (Å²) in [6, 6.07) is 22.6. The van der Waals surface area contributed by atoms with Crippen LogP contribution < -0.4 is 27.9 Å². The van der Waals surface area contributed by atoms with Crippen LogP contribution in [0.15, 0.2) is 145 Å². The number of nitrogens with zero attached hydrogens (tertiary/aromatic N) is 3. The lowest BCUT2D eigenvalue weighted by Gasteiger charge is -2.13. The Labute approximate surface area is 372 Å². The molecule has 2 aromatic heterocycles. The van der Waals surface area contributed by atoms with Crippen molar-refractivity contribution in [2.75, 3.05) is 16.4 Å². The van der Waals surface area contributed by atoms with Crippen molar-refractivity contribution in [1.82, 2.24) is 20.3 Å². The molecule has 348 valence electrons. The molecule has 0 spiro atoms. The lowest BCUT2D eigenvalue weighted by Crippen LogP contribution is -2.20. The van der Waals surface area contributed by atoms with Gasteiger partial charge < -0.3 is 16.4 Å². The van der Waals surface area contributed by atoms with Gasteiger partial charge in [-0.3, -0.25) is 19.0 Å². The highest BCUT2D eigenvalue weighted by Crippen LogP contribution is 2.35. The van der Waals surface area contributed by atoms with Crippen LogP contribution in [0.25, 0.3) is 45.0 Å². The van der Waals surface area contributed by atoms with E-state index in [1.165, 1.54) is 48.5 Å². The molecule has 0 radical (unpaired) electrons. The number of nitrogens with two attached hydrogens (primary N) is 1. The minimum Gasteiger partial charge on any atom is -0.398 e.